The van der Waals surface area contributed by atoms with Gasteiger partial charge in [0, 0.05) is 19.0 Å². The maximum atomic E-state index is 12.1. The highest BCUT2D eigenvalue weighted by Gasteiger charge is 2.25. The summed E-state index contributed by atoms with van der Waals surface area (Å²) in [4.78, 5) is 21.9. The molecule has 1 rings (SSSR count). The maximum absolute atomic E-state index is 12.1. The average Bonchev–Trinajstić information content (AvgIpc) is 2.78. The van der Waals surface area contributed by atoms with Crippen molar-refractivity contribution in [3.8, 4) is 0 Å². The van der Waals surface area contributed by atoms with E-state index < -0.39 is 21.9 Å². The number of likely N-dealkylation sites (N-methyl/N-ethyl adjacent to an activating group) is 2. The highest BCUT2D eigenvalue weighted by molar-refractivity contribution is 7.89. The summed E-state index contributed by atoms with van der Waals surface area (Å²) in [5.41, 5.74) is 0. The van der Waals surface area contributed by atoms with Crippen LogP contribution in [0.2, 0.25) is 0 Å². The van der Waals surface area contributed by atoms with E-state index >= 15 is 0 Å². The van der Waals surface area contributed by atoms with Crippen LogP contribution in [0, 0.1) is 0 Å². The van der Waals surface area contributed by atoms with Crippen LogP contribution in [-0.4, -0.2) is 49.8 Å². The van der Waals surface area contributed by atoms with Crippen molar-refractivity contribution in [2.45, 2.75) is 11.8 Å². The Labute approximate surface area is 114 Å². The van der Waals surface area contributed by atoms with E-state index in [0.29, 0.717) is 6.54 Å². The predicted octanol–water partition coefficient (Wildman–Crippen LogP) is 0.203. The fourth-order valence-corrected chi connectivity index (χ4v) is 3.51. The number of carbonyl (C=O) groups excluding carboxylic acids is 1. The molecule has 0 aliphatic carbocycles. The monoisotopic (exact) mass is 306 g/mol. The lowest BCUT2D eigenvalue weighted by Crippen LogP contribution is -2.38. The summed E-state index contributed by atoms with van der Waals surface area (Å²) >= 11 is 0.825. The summed E-state index contributed by atoms with van der Waals surface area (Å²) in [5, 5.41) is 12.5. The summed E-state index contributed by atoms with van der Waals surface area (Å²) in [6.07, 6.45) is 0. The van der Waals surface area contributed by atoms with Gasteiger partial charge < -0.3 is 10.4 Å². The van der Waals surface area contributed by atoms with Gasteiger partial charge in [-0.15, -0.1) is 11.3 Å². The van der Waals surface area contributed by atoms with Crippen LogP contribution in [0.5, 0.6) is 0 Å². The molecular weight excluding hydrogens is 292 g/mol. The number of aromatic carboxylic acids is 1. The molecular formula is C10H14N2O5S2. The first-order valence-corrected chi connectivity index (χ1v) is 7.66. The summed E-state index contributed by atoms with van der Waals surface area (Å²) in [6.45, 7) is 1.83. The molecule has 0 saturated carbocycles. The van der Waals surface area contributed by atoms with Crippen molar-refractivity contribution in [3.05, 3.63) is 16.3 Å². The van der Waals surface area contributed by atoms with Gasteiger partial charge in [-0.2, -0.15) is 4.31 Å². The van der Waals surface area contributed by atoms with E-state index in [1.807, 2.05) is 0 Å². The molecule has 0 atom stereocenters. The lowest BCUT2D eigenvalue weighted by atomic mass is 10.5. The van der Waals surface area contributed by atoms with Gasteiger partial charge in [0.25, 0.3) is 0 Å². The van der Waals surface area contributed by atoms with Crippen LogP contribution in [0.4, 0.5) is 0 Å². The van der Waals surface area contributed by atoms with Gasteiger partial charge in [0.1, 0.15) is 4.88 Å². The van der Waals surface area contributed by atoms with E-state index in [-0.39, 0.29) is 16.3 Å². The zero-order valence-corrected chi connectivity index (χ0v) is 12.0. The smallest absolute Gasteiger partial charge is 0.345 e. The normalized spacial score (nSPS) is 11.5. The Bertz CT molecular complexity index is 578. The molecule has 9 heteroatoms. The predicted molar refractivity (Wildman–Crippen MR) is 69.8 cm³/mol. The van der Waals surface area contributed by atoms with Crippen molar-refractivity contribution in [1.82, 2.24) is 9.62 Å². The molecule has 7 nitrogen and oxygen atoms in total. The Balaban J connectivity index is 2.90. The lowest BCUT2D eigenvalue weighted by Gasteiger charge is -2.15. The summed E-state index contributed by atoms with van der Waals surface area (Å²) in [6, 6.07) is 1.08. The van der Waals surface area contributed by atoms with Gasteiger partial charge in [-0.05, 0) is 13.0 Å². The number of carbonyl (C=O) groups is 2. The summed E-state index contributed by atoms with van der Waals surface area (Å²) in [7, 11) is -2.58. The van der Waals surface area contributed by atoms with E-state index in [2.05, 4.69) is 5.32 Å². The van der Waals surface area contributed by atoms with E-state index in [1.54, 1.807) is 6.92 Å². The number of thiophene rings is 1. The first-order chi connectivity index (χ1) is 8.78. The van der Waals surface area contributed by atoms with Crippen molar-refractivity contribution < 1.29 is 23.1 Å². The molecule has 106 valence electrons. The van der Waals surface area contributed by atoms with Crippen LogP contribution in [0.15, 0.2) is 16.3 Å². The third-order valence-electron chi connectivity index (χ3n) is 2.23. The average molecular weight is 306 g/mol. The molecule has 0 bridgehead atoms. The molecule has 0 aliphatic heterocycles. The molecule has 0 aliphatic rings. The van der Waals surface area contributed by atoms with Gasteiger partial charge in [0.2, 0.25) is 15.9 Å². The van der Waals surface area contributed by atoms with Gasteiger partial charge in [-0.25, -0.2) is 13.2 Å². The third kappa shape index (κ3) is 3.75. The molecule has 0 spiro atoms. The van der Waals surface area contributed by atoms with Crippen LogP contribution in [0.25, 0.3) is 0 Å². The van der Waals surface area contributed by atoms with Gasteiger partial charge in [0.05, 0.1) is 11.4 Å². The molecule has 0 radical (unpaired) electrons. The maximum Gasteiger partial charge on any atom is 0.345 e. The zero-order valence-electron chi connectivity index (χ0n) is 10.4. The zero-order chi connectivity index (χ0) is 14.6. The Kier molecular flexibility index (Phi) is 5.04. The third-order valence-corrected chi connectivity index (χ3v) is 5.08. The number of carboxylic acids is 1. The fraction of sp³-hybridized carbons (Fsp3) is 0.400. The number of nitrogens with zero attached hydrogens (tertiary/aromatic N) is 1. The topological polar surface area (TPSA) is 104 Å². The number of nitrogens with one attached hydrogen (secondary N) is 1. The van der Waals surface area contributed by atoms with Crippen LogP contribution in [0.1, 0.15) is 16.6 Å². The molecule has 2 N–H and O–H groups in total. The standard InChI is InChI=1S/C10H14N2O5S2/c1-3-11-9(13)5-12(2)19(16,17)7-4-8(10(14)15)18-6-7/h4,6H,3,5H2,1-2H3,(H,11,13)(H,14,15). The molecule has 0 fully saturated rings. The number of carboxylic acid groups (broad SMARTS) is 1. The molecule has 0 aromatic carbocycles. The van der Waals surface area contributed by atoms with Gasteiger partial charge in [-0.3, -0.25) is 4.79 Å². The van der Waals surface area contributed by atoms with Crippen molar-refractivity contribution in [2.75, 3.05) is 20.1 Å². The Morgan fingerprint density at radius 2 is 2.11 bits per heavy atom. The molecule has 1 aromatic heterocycles. The molecule has 1 aromatic rings. The first-order valence-electron chi connectivity index (χ1n) is 5.34. The molecule has 0 saturated heterocycles. The second kappa shape index (κ2) is 6.13. The van der Waals surface area contributed by atoms with E-state index in [0.717, 1.165) is 21.7 Å². The number of rotatable bonds is 6. The van der Waals surface area contributed by atoms with E-state index in [1.165, 1.54) is 12.4 Å². The fourth-order valence-electron chi connectivity index (χ4n) is 1.29. The number of sulfonamides is 1. The SMILES string of the molecule is CCNC(=O)CN(C)S(=O)(=O)c1csc(C(=O)O)c1. The highest BCUT2D eigenvalue weighted by atomic mass is 32.2. The van der Waals surface area contributed by atoms with Crippen LogP contribution in [-0.2, 0) is 14.8 Å². The largest absolute Gasteiger partial charge is 0.477 e. The van der Waals surface area contributed by atoms with Crippen molar-refractivity contribution in [2.24, 2.45) is 0 Å². The number of hydrogen-bond acceptors (Lipinski definition) is 5. The second-order valence-corrected chi connectivity index (χ2v) is 6.62. The minimum absolute atomic E-state index is 0.0648. The molecule has 0 unspecified atom stereocenters. The Morgan fingerprint density at radius 3 is 2.58 bits per heavy atom. The highest BCUT2D eigenvalue weighted by Crippen LogP contribution is 2.21. The Hall–Kier alpha value is -1.45. The minimum Gasteiger partial charge on any atom is -0.477 e. The van der Waals surface area contributed by atoms with Gasteiger partial charge in [0.15, 0.2) is 0 Å². The Morgan fingerprint density at radius 1 is 1.47 bits per heavy atom. The van der Waals surface area contributed by atoms with Gasteiger partial charge >= 0.3 is 5.97 Å². The molecule has 1 amide bonds. The number of amides is 1. The molecule has 19 heavy (non-hydrogen) atoms. The van der Waals surface area contributed by atoms with Crippen LogP contribution >= 0.6 is 11.3 Å². The van der Waals surface area contributed by atoms with E-state index in [9.17, 15) is 18.0 Å². The first kappa shape index (κ1) is 15.6. The lowest BCUT2D eigenvalue weighted by molar-refractivity contribution is -0.121. The van der Waals surface area contributed by atoms with Crippen molar-refractivity contribution in [3.63, 3.8) is 0 Å². The van der Waals surface area contributed by atoms with Crippen LogP contribution in [0.3, 0.4) is 0 Å². The quantitative estimate of drug-likeness (QED) is 0.781. The summed E-state index contributed by atoms with van der Waals surface area (Å²) < 4.78 is 25.0. The molecule has 1 heterocycles. The minimum atomic E-state index is -3.85. The van der Waals surface area contributed by atoms with Gasteiger partial charge in [-0.1, -0.05) is 0 Å². The van der Waals surface area contributed by atoms with Crippen molar-refractivity contribution in [1.29, 1.82) is 0 Å². The summed E-state index contributed by atoms with van der Waals surface area (Å²) in [5.74, 6) is -1.60. The number of hydrogen-bond donors (Lipinski definition) is 2. The van der Waals surface area contributed by atoms with Crippen LogP contribution < -0.4 is 5.32 Å². The second-order valence-electron chi connectivity index (χ2n) is 3.67. The van der Waals surface area contributed by atoms with E-state index in [4.69, 9.17) is 5.11 Å². The van der Waals surface area contributed by atoms with Crippen molar-refractivity contribution >= 4 is 33.2 Å².